The molecular formula is C21H25ClN2O2. The Hall–Kier alpha value is -2.20. The topological polar surface area (TPSA) is 32.8 Å². The van der Waals surface area contributed by atoms with Crippen LogP contribution in [0.4, 0.5) is 5.69 Å². The summed E-state index contributed by atoms with van der Waals surface area (Å²) in [7, 11) is 0. The van der Waals surface area contributed by atoms with Crippen LogP contribution in [0, 0.1) is 13.8 Å². The molecule has 0 N–H and O–H groups in total. The van der Waals surface area contributed by atoms with Gasteiger partial charge in [-0.2, -0.15) is 0 Å². The molecule has 0 spiro atoms. The van der Waals surface area contributed by atoms with E-state index in [-0.39, 0.29) is 5.91 Å². The average molecular weight is 373 g/mol. The second kappa shape index (κ2) is 8.00. The summed E-state index contributed by atoms with van der Waals surface area (Å²) in [5.74, 6) is 0.820. The highest BCUT2D eigenvalue weighted by Gasteiger charge is 2.26. The average Bonchev–Trinajstić information content (AvgIpc) is 2.65. The molecule has 2 aromatic carbocycles. The molecule has 0 unspecified atom stereocenters. The van der Waals surface area contributed by atoms with E-state index in [0.717, 1.165) is 40.7 Å². The molecule has 3 rings (SSSR count). The summed E-state index contributed by atoms with van der Waals surface area (Å²) in [5, 5.41) is 0.733. The maximum atomic E-state index is 12.8. The minimum atomic E-state index is -0.492. The molecule has 1 amide bonds. The predicted octanol–water partition coefficient (Wildman–Crippen LogP) is 4.07. The maximum Gasteiger partial charge on any atom is 0.263 e. The first-order valence-electron chi connectivity index (χ1n) is 8.98. The van der Waals surface area contributed by atoms with Crippen LogP contribution in [0.5, 0.6) is 5.75 Å². The number of halogens is 1. The summed E-state index contributed by atoms with van der Waals surface area (Å²) in [6, 6.07) is 13.8. The molecular weight excluding hydrogens is 348 g/mol. The third kappa shape index (κ3) is 4.13. The summed E-state index contributed by atoms with van der Waals surface area (Å²) in [6.07, 6.45) is -0.492. The number of amides is 1. The summed E-state index contributed by atoms with van der Waals surface area (Å²) in [4.78, 5) is 16.9. The Morgan fingerprint density at radius 3 is 2.46 bits per heavy atom. The molecule has 138 valence electrons. The number of carbonyl (C=O) groups is 1. The van der Waals surface area contributed by atoms with Crippen molar-refractivity contribution in [1.82, 2.24) is 4.90 Å². The first-order chi connectivity index (χ1) is 12.5. The number of ether oxygens (including phenoxy) is 1. The zero-order valence-corrected chi connectivity index (χ0v) is 16.3. The van der Waals surface area contributed by atoms with Gasteiger partial charge < -0.3 is 14.5 Å². The highest BCUT2D eigenvalue weighted by molar-refractivity contribution is 6.30. The van der Waals surface area contributed by atoms with Crippen molar-refractivity contribution in [3.05, 3.63) is 58.6 Å². The molecule has 5 heteroatoms. The van der Waals surface area contributed by atoms with Gasteiger partial charge in [-0.1, -0.05) is 29.8 Å². The molecule has 1 heterocycles. The number of benzene rings is 2. The Balaban J connectivity index is 1.58. The number of nitrogens with zero attached hydrogens (tertiary/aromatic N) is 2. The van der Waals surface area contributed by atoms with Crippen LogP contribution in [-0.4, -0.2) is 43.1 Å². The van der Waals surface area contributed by atoms with Crippen LogP contribution in [0.2, 0.25) is 5.02 Å². The number of anilines is 1. The van der Waals surface area contributed by atoms with Gasteiger partial charge in [-0.25, -0.2) is 0 Å². The molecule has 0 saturated carbocycles. The van der Waals surface area contributed by atoms with Crippen LogP contribution >= 0.6 is 11.6 Å². The van der Waals surface area contributed by atoms with Crippen LogP contribution in [0.3, 0.4) is 0 Å². The molecule has 1 saturated heterocycles. The number of hydrogen-bond acceptors (Lipinski definition) is 3. The van der Waals surface area contributed by atoms with Crippen LogP contribution < -0.4 is 9.64 Å². The Morgan fingerprint density at radius 1 is 1.08 bits per heavy atom. The van der Waals surface area contributed by atoms with E-state index >= 15 is 0 Å². The Morgan fingerprint density at radius 2 is 1.77 bits per heavy atom. The van der Waals surface area contributed by atoms with Gasteiger partial charge in [0.15, 0.2) is 6.10 Å². The third-order valence-corrected chi connectivity index (χ3v) is 5.21. The molecule has 2 aromatic rings. The van der Waals surface area contributed by atoms with Crippen molar-refractivity contribution >= 4 is 23.2 Å². The fraction of sp³-hybridized carbons (Fsp3) is 0.381. The summed E-state index contributed by atoms with van der Waals surface area (Å²) < 4.78 is 5.95. The van der Waals surface area contributed by atoms with Gasteiger partial charge in [0.1, 0.15) is 5.75 Å². The van der Waals surface area contributed by atoms with E-state index in [4.69, 9.17) is 16.3 Å². The van der Waals surface area contributed by atoms with Gasteiger partial charge in [-0.05, 0) is 56.2 Å². The van der Waals surface area contributed by atoms with E-state index in [1.807, 2.05) is 62.1 Å². The van der Waals surface area contributed by atoms with Crippen molar-refractivity contribution in [1.29, 1.82) is 0 Å². The van der Waals surface area contributed by atoms with Crippen molar-refractivity contribution in [2.24, 2.45) is 0 Å². The van der Waals surface area contributed by atoms with Crippen molar-refractivity contribution in [2.45, 2.75) is 26.9 Å². The lowest BCUT2D eigenvalue weighted by atomic mass is 10.1. The molecule has 1 aliphatic rings. The number of rotatable bonds is 4. The van der Waals surface area contributed by atoms with Crippen LogP contribution in [0.25, 0.3) is 0 Å². The summed E-state index contributed by atoms with van der Waals surface area (Å²) >= 11 is 6.08. The normalized spacial score (nSPS) is 15.7. The van der Waals surface area contributed by atoms with Gasteiger partial charge in [0, 0.05) is 36.9 Å². The standard InChI is InChI=1S/C21H25ClN2O2/c1-15-6-4-9-20(16(15)2)26-17(3)21(25)24-12-10-23(11-13-24)19-8-5-7-18(22)14-19/h4-9,14,17H,10-13H2,1-3H3/t17-/m1/s1. The van der Waals surface area contributed by atoms with Gasteiger partial charge in [-0.15, -0.1) is 0 Å². The molecule has 0 bridgehead atoms. The first kappa shape index (κ1) is 18.6. The highest BCUT2D eigenvalue weighted by atomic mass is 35.5. The Labute approximate surface area is 160 Å². The van der Waals surface area contributed by atoms with E-state index in [1.54, 1.807) is 0 Å². The van der Waals surface area contributed by atoms with Crippen LogP contribution in [-0.2, 0) is 4.79 Å². The lowest BCUT2D eigenvalue weighted by molar-refractivity contribution is -0.138. The molecule has 1 aliphatic heterocycles. The molecule has 0 aliphatic carbocycles. The number of aryl methyl sites for hydroxylation is 1. The van der Waals surface area contributed by atoms with Crippen molar-refractivity contribution in [3.8, 4) is 5.75 Å². The van der Waals surface area contributed by atoms with Gasteiger partial charge in [-0.3, -0.25) is 4.79 Å². The minimum absolute atomic E-state index is 0.0386. The van der Waals surface area contributed by atoms with Gasteiger partial charge in [0.2, 0.25) is 0 Å². The fourth-order valence-corrected chi connectivity index (χ4v) is 3.39. The second-order valence-electron chi connectivity index (χ2n) is 6.75. The lowest BCUT2D eigenvalue weighted by Gasteiger charge is -2.37. The van der Waals surface area contributed by atoms with E-state index in [0.29, 0.717) is 13.1 Å². The largest absolute Gasteiger partial charge is 0.481 e. The van der Waals surface area contributed by atoms with Crippen molar-refractivity contribution in [2.75, 3.05) is 31.1 Å². The molecule has 0 aromatic heterocycles. The predicted molar refractivity (Wildman–Crippen MR) is 106 cm³/mol. The molecule has 4 nitrogen and oxygen atoms in total. The van der Waals surface area contributed by atoms with Gasteiger partial charge >= 0.3 is 0 Å². The molecule has 1 atom stereocenters. The zero-order valence-electron chi connectivity index (χ0n) is 15.5. The highest BCUT2D eigenvalue weighted by Crippen LogP contribution is 2.23. The quantitative estimate of drug-likeness (QED) is 0.810. The first-order valence-corrected chi connectivity index (χ1v) is 9.35. The number of hydrogen-bond donors (Lipinski definition) is 0. The summed E-state index contributed by atoms with van der Waals surface area (Å²) in [6.45, 7) is 8.85. The fourth-order valence-electron chi connectivity index (χ4n) is 3.21. The monoisotopic (exact) mass is 372 g/mol. The van der Waals surface area contributed by atoms with E-state index in [2.05, 4.69) is 11.0 Å². The second-order valence-corrected chi connectivity index (χ2v) is 7.19. The number of carbonyl (C=O) groups excluding carboxylic acids is 1. The van der Waals surface area contributed by atoms with Gasteiger partial charge in [0.05, 0.1) is 0 Å². The van der Waals surface area contributed by atoms with E-state index in [9.17, 15) is 4.79 Å². The SMILES string of the molecule is Cc1cccc(O[C@H](C)C(=O)N2CCN(c3cccc(Cl)c3)CC2)c1C. The zero-order chi connectivity index (χ0) is 18.7. The Bertz CT molecular complexity index is 785. The molecule has 26 heavy (non-hydrogen) atoms. The minimum Gasteiger partial charge on any atom is -0.481 e. The molecule has 0 radical (unpaired) electrons. The molecule has 1 fully saturated rings. The summed E-state index contributed by atoms with van der Waals surface area (Å²) in [5.41, 5.74) is 3.35. The van der Waals surface area contributed by atoms with E-state index in [1.165, 1.54) is 0 Å². The lowest BCUT2D eigenvalue weighted by Crippen LogP contribution is -2.52. The van der Waals surface area contributed by atoms with E-state index < -0.39 is 6.10 Å². The third-order valence-electron chi connectivity index (χ3n) is 4.97. The van der Waals surface area contributed by atoms with Gasteiger partial charge in [0.25, 0.3) is 5.91 Å². The van der Waals surface area contributed by atoms with Crippen molar-refractivity contribution < 1.29 is 9.53 Å². The van der Waals surface area contributed by atoms with Crippen LogP contribution in [0.1, 0.15) is 18.1 Å². The maximum absolute atomic E-state index is 12.8. The number of piperazine rings is 1. The Kier molecular flexibility index (Phi) is 5.72. The smallest absolute Gasteiger partial charge is 0.263 e. The van der Waals surface area contributed by atoms with Crippen molar-refractivity contribution in [3.63, 3.8) is 0 Å². The van der Waals surface area contributed by atoms with Crippen LogP contribution in [0.15, 0.2) is 42.5 Å².